The van der Waals surface area contributed by atoms with E-state index in [0.717, 1.165) is 19.0 Å². The van der Waals surface area contributed by atoms with Gasteiger partial charge in [-0.3, -0.25) is 10.0 Å². The minimum atomic E-state index is -0.585. The van der Waals surface area contributed by atoms with Crippen molar-refractivity contribution >= 4 is 11.9 Å². The lowest BCUT2D eigenvalue weighted by atomic mass is 9.83. The van der Waals surface area contributed by atoms with E-state index in [1.165, 1.54) is 44.5 Å². The highest BCUT2D eigenvalue weighted by molar-refractivity contribution is 5.92. The van der Waals surface area contributed by atoms with Crippen molar-refractivity contribution in [1.82, 2.24) is 20.8 Å². The Morgan fingerprint density at radius 1 is 1.36 bits per heavy atom. The Kier molecular flexibility index (Phi) is 3.27. The molecule has 0 aromatic carbocycles. The zero-order valence-electron chi connectivity index (χ0n) is 12.5. The lowest BCUT2D eigenvalue weighted by Crippen LogP contribution is -2.55. The first-order valence-electron chi connectivity index (χ1n) is 8.00. The monoisotopic (exact) mass is 303 g/mol. The van der Waals surface area contributed by atoms with E-state index in [0.29, 0.717) is 12.0 Å². The van der Waals surface area contributed by atoms with E-state index in [-0.39, 0.29) is 11.1 Å². The summed E-state index contributed by atoms with van der Waals surface area (Å²) in [5, 5.41) is 12.4. The SMILES string of the molecule is O=C(NO)c1cnc(N2C[C@@]3(C4CCCC4)C[C@H]2CN3)nc1. The maximum Gasteiger partial charge on any atom is 0.277 e. The number of amides is 1. The van der Waals surface area contributed by atoms with Crippen LogP contribution in [0.25, 0.3) is 0 Å². The molecule has 1 amide bonds. The molecule has 2 bridgehead atoms. The van der Waals surface area contributed by atoms with Crippen LogP contribution in [0.15, 0.2) is 12.4 Å². The minimum Gasteiger partial charge on any atom is -0.335 e. The summed E-state index contributed by atoms with van der Waals surface area (Å²) >= 11 is 0. The molecule has 1 aliphatic carbocycles. The fourth-order valence-electron chi connectivity index (χ4n) is 4.46. The largest absolute Gasteiger partial charge is 0.335 e. The minimum absolute atomic E-state index is 0.228. The molecule has 2 atom stereocenters. The summed E-state index contributed by atoms with van der Waals surface area (Å²) in [6.07, 6.45) is 9.44. The first-order valence-corrected chi connectivity index (χ1v) is 8.00. The predicted molar refractivity (Wildman–Crippen MR) is 79.7 cm³/mol. The molecule has 0 unspecified atom stereocenters. The summed E-state index contributed by atoms with van der Waals surface area (Å²) in [4.78, 5) is 22.2. The van der Waals surface area contributed by atoms with Gasteiger partial charge in [-0.25, -0.2) is 15.4 Å². The smallest absolute Gasteiger partial charge is 0.277 e. The quantitative estimate of drug-likeness (QED) is 0.563. The number of anilines is 1. The number of piperazine rings is 1. The van der Waals surface area contributed by atoms with Crippen molar-refractivity contribution in [2.75, 3.05) is 18.0 Å². The number of rotatable bonds is 3. The molecule has 118 valence electrons. The average molecular weight is 303 g/mol. The van der Waals surface area contributed by atoms with Crippen molar-refractivity contribution in [3.05, 3.63) is 18.0 Å². The molecular weight excluding hydrogens is 282 g/mol. The molecule has 1 aromatic rings. The van der Waals surface area contributed by atoms with E-state index in [1.807, 2.05) is 0 Å². The highest BCUT2D eigenvalue weighted by atomic mass is 16.5. The molecule has 1 saturated carbocycles. The van der Waals surface area contributed by atoms with Gasteiger partial charge in [0.05, 0.1) is 5.56 Å². The van der Waals surface area contributed by atoms with Crippen LogP contribution in [0.2, 0.25) is 0 Å². The molecule has 2 saturated heterocycles. The first-order chi connectivity index (χ1) is 10.7. The molecule has 3 N–H and O–H groups in total. The van der Waals surface area contributed by atoms with Crippen molar-refractivity contribution in [1.29, 1.82) is 0 Å². The normalized spacial score (nSPS) is 31.0. The zero-order valence-corrected chi connectivity index (χ0v) is 12.5. The molecule has 4 rings (SSSR count). The summed E-state index contributed by atoms with van der Waals surface area (Å²) in [5.41, 5.74) is 2.09. The van der Waals surface area contributed by atoms with Gasteiger partial charge in [0.25, 0.3) is 5.91 Å². The van der Waals surface area contributed by atoms with Crippen molar-refractivity contribution < 1.29 is 10.0 Å². The van der Waals surface area contributed by atoms with Crippen LogP contribution in [0.3, 0.4) is 0 Å². The fourth-order valence-corrected chi connectivity index (χ4v) is 4.46. The van der Waals surface area contributed by atoms with Gasteiger partial charge in [-0.15, -0.1) is 0 Å². The Balaban J connectivity index is 1.53. The zero-order chi connectivity index (χ0) is 15.2. The summed E-state index contributed by atoms with van der Waals surface area (Å²) in [5.74, 6) is 0.862. The number of carbonyl (C=O) groups excluding carboxylic acids is 1. The Morgan fingerprint density at radius 3 is 2.77 bits per heavy atom. The Labute approximate surface area is 129 Å². The summed E-state index contributed by atoms with van der Waals surface area (Å²) < 4.78 is 0. The predicted octanol–water partition coefficient (Wildman–Crippen LogP) is 0.706. The van der Waals surface area contributed by atoms with Gasteiger partial charge >= 0.3 is 0 Å². The number of carbonyl (C=O) groups is 1. The van der Waals surface area contributed by atoms with E-state index >= 15 is 0 Å². The van der Waals surface area contributed by atoms with Crippen molar-refractivity contribution in [3.8, 4) is 0 Å². The second kappa shape index (κ2) is 5.17. The third-order valence-corrected chi connectivity index (χ3v) is 5.58. The number of nitrogens with one attached hydrogen (secondary N) is 2. The second-order valence-electron chi connectivity index (χ2n) is 6.72. The average Bonchev–Trinajstić information content (AvgIpc) is 3.29. The van der Waals surface area contributed by atoms with Crippen LogP contribution in [0.4, 0.5) is 5.95 Å². The van der Waals surface area contributed by atoms with Gasteiger partial charge in [0.15, 0.2) is 0 Å². The fraction of sp³-hybridized carbons (Fsp3) is 0.667. The Hall–Kier alpha value is -1.73. The van der Waals surface area contributed by atoms with Gasteiger partial charge in [-0.1, -0.05) is 12.8 Å². The third-order valence-electron chi connectivity index (χ3n) is 5.58. The Morgan fingerprint density at radius 2 is 2.09 bits per heavy atom. The molecule has 3 heterocycles. The number of aromatic nitrogens is 2. The molecular formula is C15H21N5O2. The summed E-state index contributed by atoms with van der Waals surface area (Å²) in [6.45, 7) is 1.94. The molecule has 1 aromatic heterocycles. The van der Waals surface area contributed by atoms with Gasteiger partial charge in [0.1, 0.15) is 0 Å². The molecule has 7 heteroatoms. The highest BCUT2D eigenvalue weighted by Gasteiger charge is 2.54. The lowest BCUT2D eigenvalue weighted by Gasteiger charge is -2.37. The van der Waals surface area contributed by atoms with E-state index in [2.05, 4.69) is 20.2 Å². The van der Waals surface area contributed by atoms with E-state index in [9.17, 15) is 4.79 Å². The van der Waals surface area contributed by atoms with Crippen LogP contribution < -0.4 is 15.7 Å². The standard InChI is InChI=1S/C15H21N5O2/c21-13(19-22)10-6-16-14(17-7-10)20-9-15(5-12(20)8-18-15)11-3-1-2-4-11/h6-7,11-12,18,22H,1-5,8-9H2,(H,19,21)/t12-,15+/m0/s1. The molecule has 22 heavy (non-hydrogen) atoms. The van der Waals surface area contributed by atoms with Crippen LogP contribution in [0.5, 0.6) is 0 Å². The van der Waals surface area contributed by atoms with Crippen LogP contribution in [0.1, 0.15) is 42.5 Å². The van der Waals surface area contributed by atoms with Gasteiger partial charge in [-0.05, 0) is 25.2 Å². The topological polar surface area (TPSA) is 90.4 Å². The maximum absolute atomic E-state index is 11.3. The first kappa shape index (κ1) is 13.9. The molecule has 0 radical (unpaired) electrons. The van der Waals surface area contributed by atoms with Crippen molar-refractivity contribution in [2.45, 2.75) is 43.7 Å². The number of nitrogens with zero attached hydrogens (tertiary/aromatic N) is 3. The third kappa shape index (κ3) is 2.07. The summed E-state index contributed by atoms with van der Waals surface area (Å²) in [7, 11) is 0. The number of fused-ring (bicyclic) bond motifs is 2. The Bertz CT molecular complexity index is 572. The van der Waals surface area contributed by atoms with Crippen molar-refractivity contribution in [2.24, 2.45) is 5.92 Å². The van der Waals surface area contributed by atoms with Crippen LogP contribution in [-0.4, -0.2) is 45.8 Å². The molecule has 7 nitrogen and oxygen atoms in total. The number of hydroxylamine groups is 1. The van der Waals surface area contributed by atoms with Gasteiger partial charge < -0.3 is 10.2 Å². The summed E-state index contributed by atoms with van der Waals surface area (Å²) in [6, 6.07) is 0.443. The second-order valence-corrected chi connectivity index (χ2v) is 6.72. The van der Waals surface area contributed by atoms with Crippen LogP contribution >= 0.6 is 0 Å². The van der Waals surface area contributed by atoms with E-state index in [1.54, 1.807) is 5.48 Å². The number of hydrogen-bond donors (Lipinski definition) is 3. The molecule has 3 aliphatic rings. The van der Waals surface area contributed by atoms with E-state index < -0.39 is 5.91 Å². The highest BCUT2D eigenvalue weighted by Crippen LogP contribution is 2.45. The van der Waals surface area contributed by atoms with Crippen molar-refractivity contribution in [3.63, 3.8) is 0 Å². The molecule has 3 fully saturated rings. The van der Waals surface area contributed by atoms with E-state index in [4.69, 9.17) is 5.21 Å². The maximum atomic E-state index is 11.3. The molecule has 2 aliphatic heterocycles. The van der Waals surface area contributed by atoms with Gasteiger partial charge in [0, 0.05) is 37.1 Å². The lowest BCUT2D eigenvalue weighted by molar-refractivity contribution is 0.0705. The van der Waals surface area contributed by atoms with Gasteiger partial charge in [0.2, 0.25) is 5.95 Å². The van der Waals surface area contributed by atoms with Gasteiger partial charge in [-0.2, -0.15) is 0 Å². The van der Waals surface area contributed by atoms with Crippen LogP contribution in [-0.2, 0) is 0 Å². The molecule has 0 spiro atoms. The number of hydrogen-bond acceptors (Lipinski definition) is 6. The van der Waals surface area contributed by atoms with Crippen LogP contribution in [0, 0.1) is 5.92 Å².